The second-order valence-corrected chi connectivity index (χ2v) is 9.93. The van der Waals surface area contributed by atoms with Gasteiger partial charge < -0.3 is 15.4 Å². The smallest absolute Gasteiger partial charge is 0.173 e. The normalized spacial score (nSPS) is 13.9. The first-order valence-electron chi connectivity index (χ1n) is 11.0. The van der Waals surface area contributed by atoms with Crippen molar-refractivity contribution in [3.63, 3.8) is 0 Å². The van der Waals surface area contributed by atoms with Gasteiger partial charge in [0.2, 0.25) is 0 Å². The largest absolute Gasteiger partial charge is 0.504 e. The highest BCUT2D eigenvalue weighted by Crippen LogP contribution is 2.38. The van der Waals surface area contributed by atoms with Crippen LogP contribution < -0.4 is 5.32 Å². The van der Waals surface area contributed by atoms with Crippen LogP contribution in [-0.2, 0) is 30.9 Å². The molecule has 6 rings (SSSR count). The van der Waals surface area contributed by atoms with Crippen LogP contribution in [0.15, 0.2) is 65.6 Å². The first-order chi connectivity index (χ1) is 16.5. The Morgan fingerprint density at radius 1 is 0.941 bits per heavy atom. The topological polar surface area (TPSA) is 95.8 Å². The van der Waals surface area contributed by atoms with Crippen molar-refractivity contribution in [3.05, 3.63) is 71.8 Å². The zero-order valence-corrected chi connectivity index (χ0v) is 19.6. The second-order valence-electron chi connectivity index (χ2n) is 8.55. The van der Waals surface area contributed by atoms with Gasteiger partial charge in [0.25, 0.3) is 0 Å². The van der Waals surface area contributed by atoms with E-state index in [-0.39, 0.29) is 5.75 Å². The molecule has 0 saturated heterocycles. The molecule has 3 N–H and O–H groups in total. The van der Waals surface area contributed by atoms with E-state index in [0.29, 0.717) is 17.2 Å². The van der Waals surface area contributed by atoms with E-state index in [1.807, 2.05) is 55.6 Å². The average Bonchev–Trinajstić information content (AvgIpc) is 3.53. The van der Waals surface area contributed by atoms with E-state index in [0.717, 1.165) is 45.7 Å². The number of benzene rings is 3. The maximum atomic E-state index is 11.6. The van der Waals surface area contributed by atoms with Crippen LogP contribution in [0.4, 0.5) is 0 Å². The summed E-state index contributed by atoms with van der Waals surface area (Å²) in [6, 6.07) is 19.8. The summed E-state index contributed by atoms with van der Waals surface area (Å²) in [6.07, 6.45) is 1.67. The molecule has 34 heavy (non-hydrogen) atoms. The zero-order chi connectivity index (χ0) is 23.4. The summed E-state index contributed by atoms with van der Waals surface area (Å²) in [4.78, 5) is 8.89. The lowest BCUT2D eigenvalue weighted by atomic mass is 10.0. The van der Waals surface area contributed by atoms with Gasteiger partial charge in [0.15, 0.2) is 11.6 Å². The molecule has 3 aromatic carbocycles. The van der Waals surface area contributed by atoms with Crippen molar-refractivity contribution in [2.75, 3.05) is 6.26 Å². The maximum Gasteiger partial charge on any atom is 0.173 e. The van der Waals surface area contributed by atoms with Gasteiger partial charge in [-0.05, 0) is 46.5 Å². The molecule has 2 aromatic heterocycles. The molecule has 0 aliphatic carbocycles. The number of nitrogens with one attached hydrogen (secondary N) is 2. The summed E-state index contributed by atoms with van der Waals surface area (Å²) in [7, 11) is 0.814. The van der Waals surface area contributed by atoms with Gasteiger partial charge in [-0.2, -0.15) is 5.10 Å². The summed E-state index contributed by atoms with van der Waals surface area (Å²) in [5.74, 6) is 0.689. The number of hydrogen-bond donors (Lipinski definition) is 3. The lowest BCUT2D eigenvalue weighted by molar-refractivity contribution is 0.478. The van der Waals surface area contributed by atoms with Crippen LogP contribution >= 0.6 is 0 Å². The van der Waals surface area contributed by atoms with E-state index in [2.05, 4.69) is 27.5 Å². The molecule has 0 saturated carbocycles. The molecule has 170 valence electrons. The van der Waals surface area contributed by atoms with Crippen LogP contribution in [-0.4, -0.2) is 35.3 Å². The lowest BCUT2D eigenvalue weighted by Gasteiger charge is -2.05. The highest BCUT2D eigenvalue weighted by molar-refractivity contribution is 7.84. The van der Waals surface area contributed by atoms with Crippen LogP contribution in [0, 0.1) is 0 Å². The van der Waals surface area contributed by atoms with Gasteiger partial charge in [-0.1, -0.05) is 36.4 Å². The Balaban J connectivity index is 1.34. The van der Waals surface area contributed by atoms with E-state index in [1.54, 1.807) is 10.9 Å². The Hall–Kier alpha value is -3.75. The molecular formula is C26H23N5O2S. The van der Waals surface area contributed by atoms with Crippen molar-refractivity contribution in [3.8, 4) is 39.7 Å². The summed E-state index contributed by atoms with van der Waals surface area (Å²) < 4.78 is 13.3. The summed E-state index contributed by atoms with van der Waals surface area (Å²) in [5, 5.41) is 19.0. The van der Waals surface area contributed by atoms with Crippen molar-refractivity contribution in [1.29, 1.82) is 0 Å². The fourth-order valence-electron chi connectivity index (χ4n) is 4.55. The SMILES string of the molecule is Cn1nc(-c2ccc(-c3ccc(S(C)=O)cc3)cc2)c(O)c1-c1nc2cc3c(cc2[nH]1)CNC3. The van der Waals surface area contributed by atoms with Gasteiger partial charge in [0.1, 0.15) is 11.4 Å². The van der Waals surface area contributed by atoms with E-state index >= 15 is 0 Å². The Kier molecular flexibility index (Phi) is 4.86. The van der Waals surface area contributed by atoms with Gasteiger partial charge in [-0.3, -0.25) is 8.89 Å². The minimum Gasteiger partial charge on any atom is -0.504 e. The predicted octanol–water partition coefficient (Wildman–Crippen LogP) is 4.34. The third-order valence-electron chi connectivity index (χ3n) is 6.36. The van der Waals surface area contributed by atoms with Crippen molar-refractivity contribution in [2.24, 2.45) is 7.05 Å². The molecular weight excluding hydrogens is 446 g/mol. The van der Waals surface area contributed by atoms with Crippen LogP contribution in [0.3, 0.4) is 0 Å². The maximum absolute atomic E-state index is 11.6. The molecule has 0 bridgehead atoms. The number of rotatable bonds is 4. The molecule has 0 spiro atoms. The zero-order valence-electron chi connectivity index (χ0n) is 18.8. The third kappa shape index (κ3) is 3.43. The molecule has 0 fully saturated rings. The molecule has 1 aliphatic rings. The van der Waals surface area contributed by atoms with E-state index in [9.17, 15) is 9.32 Å². The molecule has 1 atom stereocenters. The van der Waals surface area contributed by atoms with Gasteiger partial charge in [0.05, 0.1) is 11.0 Å². The highest BCUT2D eigenvalue weighted by Gasteiger charge is 2.22. The fourth-order valence-corrected chi connectivity index (χ4v) is 5.07. The summed E-state index contributed by atoms with van der Waals surface area (Å²) in [6.45, 7) is 1.71. The number of aromatic nitrogens is 4. The van der Waals surface area contributed by atoms with Gasteiger partial charge in [-0.15, -0.1) is 0 Å². The summed E-state index contributed by atoms with van der Waals surface area (Å²) in [5.41, 5.74) is 8.31. The predicted molar refractivity (Wildman–Crippen MR) is 134 cm³/mol. The van der Waals surface area contributed by atoms with Crippen molar-refractivity contribution < 1.29 is 9.32 Å². The molecule has 3 heterocycles. The number of nitrogens with zero attached hydrogens (tertiary/aromatic N) is 3. The number of imidazole rings is 1. The first kappa shape index (κ1) is 20.8. The molecule has 0 radical (unpaired) electrons. The summed E-state index contributed by atoms with van der Waals surface area (Å²) >= 11 is 0. The molecule has 0 amide bonds. The van der Waals surface area contributed by atoms with Crippen molar-refractivity contribution >= 4 is 21.8 Å². The molecule has 8 heteroatoms. The number of hydrogen-bond acceptors (Lipinski definition) is 5. The number of aryl methyl sites for hydroxylation is 1. The first-order valence-corrected chi connectivity index (χ1v) is 12.6. The quantitative estimate of drug-likeness (QED) is 0.364. The Morgan fingerprint density at radius 2 is 1.56 bits per heavy atom. The van der Waals surface area contributed by atoms with E-state index in [4.69, 9.17) is 4.98 Å². The van der Waals surface area contributed by atoms with Crippen LogP contribution in [0.25, 0.3) is 44.9 Å². The number of fused-ring (bicyclic) bond motifs is 2. The van der Waals surface area contributed by atoms with Crippen molar-refractivity contribution in [2.45, 2.75) is 18.0 Å². The van der Waals surface area contributed by atoms with Crippen LogP contribution in [0.1, 0.15) is 11.1 Å². The number of aromatic amines is 1. The minimum atomic E-state index is -0.995. The standard InChI is InChI=1S/C26H23N5O2S/c1-31-24(26-28-21-11-18-13-27-14-19(18)12-22(21)29-26)25(32)23(30-31)17-5-3-15(4-6-17)16-7-9-20(10-8-16)34(2)33/h3-12,27,32H,13-14H2,1-2H3,(H,28,29). The molecule has 1 unspecified atom stereocenters. The van der Waals surface area contributed by atoms with Gasteiger partial charge in [-0.25, -0.2) is 4.98 Å². The van der Waals surface area contributed by atoms with E-state index < -0.39 is 10.8 Å². The Labute approximate surface area is 198 Å². The van der Waals surface area contributed by atoms with E-state index in [1.165, 1.54) is 11.1 Å². The second kappa shape index (κ2) is 7.93. The fraction of sp³-hybridized carbons (Fsp3) is 0.154. The number of aromatic hydroxyl groups is 1. The average molecular weight is 470 g/mol. The molecule has 7 nitrogen and oxygen atoms in total. The Morgan fingerprint density at radius 3 is 2.24 bits per heavy atom. The minimum absolute atomic E-state index is 0.0956. The van der Waals surface area contributed by atoms with Gasteiger partial charge in [0, 0.05) is 47.7 Å². The monoisotopic (exact) mass is 469 g/mol. The highest BCUT2D eigenvalue weighted by atomic mass is 32.2. The molecule has 1 aliphatic heterocycles. The molecule has 5 aromatic rings. The van der Waals surface area contributed by atoms with Crippen molar-refractivity contribution in [1.82, 2.24) is 25.1 Å². The number of H-pyrrole nitrogens is 1. The lowest BCUT2D eigenvalue weighted by Crippen LogP contribution is -1.99. The van der Waals surface area contributed by atoms with Crippen LogP contribution in [0.2, 0.25) is 0 Å². The third-order valence-corrected chi connectivity index (χ3v) is 7.29. The van der Waals surface area contributed by atoms with Gasteiger partial charge >= 0.3 is 0 Å². The van der Waals surface area contributed by atoms with Crippen LogP contribution in [0.5, 0.6) is 5.75 Å². The Bertz CT molecular complexity index is 1530.